The van der Waals surface area contributed by atoms with Crippen LogP contribution in [0.4, 0.5) is 0 Å². The van der Waals surface area contributed by atoms with Crippen LogP contribution in [0.5, 0.6) is 0 Å². The van der Waals surface area contributed by atoms with Gasteiger partial charge in [-0.2, -0.15) is 0 Å². The predicted octanol–water partition coefficient (Wildman–Crippen LogP) is 1.10. The first-order chi connectivity index (χ1) is 8.77. The molecule has 1 rings (SSSR count). The van der Waals surface area contributed by atoms with E-state index in [1.165, 1.54) is 26.2 Å². The summed E-state index contributed by atoms with van der Waals surface area (Å²) in [5.41, 5.74) is 0.266. The number of carbonyl (C=O) groups is 1. The highest BCUT2D eigenvalue weighted by Crippen LogP contribution is 2.24. The summed E-state index contributed by atoms with van der Waals surface area (Å²) in [6.07, 6.45) is 0. The van der Waals surface area contributed by atoms with E-state index in [1.54, 1.807) is 0 Å². The highest BCUT2D eigenvalue weighted by Gasteiger charge is 2.20. The lowest BCUT2D eigenvalue weighted by molar-refractivity contribution is 0.0387. The lowest BCUT2D eigenvalue weighted by Crippen LogP contribution is -2.17. The molecule has 19 heavy (non-hydrogen) atoms. The molecule has 0 unspecified atom stereocenters. The first-order valence-electron chi connectivity index (χ1n) is 5.26. The third-order valence-corrected chi connectivity index (χ3v) is 3.63. The van der Waals surface area contributed by atoms with Gasteiger partial charge < -0.3 is 9.47 Å². The Balaban J connectivity index is 3.15. The molecule has 0 atom stereocenters. The van der Waals surface area contributed by atoms with E-state index in [1.807, 2.05) is 0 Å². The Hall–Kier alpha value is -1.15. The molecule has 0 saturated heterocycles. The van der Waals surface area contributed by atoms with Crippen molar-refractivity contribution in [1.82, 2.24) is 0 Å². The average Bonchev–Trinajstić information content (AvgIpc) is 2.30. The standard InChI is InChI=1S/C11H14ClNO5S/c1-7-9(11(14)18-4-3-17-2)5-8(12)6-10(7)19(13,15)16/h5-6H,3-4H2,1-2H3,(H2,13,15,16). The molecule has 0 saturated carbocycles. The molecule has 0 bridgehead atoms. The van der Waals surface area contributed by atoms with Gasteiger partial charge in [-0.05, 0) is 24.6 Å². The molecular weight excluding hydrogens is 294 g/mol. The van der Waals surface area contributed by atoms with Crippen LogP contribution in [0, 0.1) is 6.92 Å². The number of nitrogens with two attached hydrogens (primary N) is 1. The fourth-order valence-corrected chi connectivity index (χ4v) is 2.57. The summed E-state index contributed by atoms with van der Waals surface area (Å²) in [5, 5.41) is 5.15. The summed E-state index contributed by atoms with van der Waals surface area (Å²) in [6.45, 7) is 1.77. The highest BCUT2D eigenvalue weighted by atomic mass is 35.5. The number of halogens is 1. The highest BCUT2D eigenvalue weighted by molar-refractivity contribution is 7.89. The topological polar surface area (TPSA) is 95.7 Å². The van der Waals surface area contributed by atoms with E-state index in [4.69, 9.17) is 26.2 Å². The van der Waals surface area contributed by atoms with Gasteiger partial charge in [0.15, 0.2) is 0 Å². The van der Waals surface area contributed by atoms with E-state index in [9.17, 15) is 13.2 Å². The molecule has 0 heterocycles. The quantitative estimate of drug-likeness (QED) is 0.649. The van der Waals surface area contributed by atoms with Gasteiger partial charge in [-0.3, -0.25) is 0 Å². The maximum Gasteiger partial charge on any atom is 0.338 e. The summed E-state index contributed by atoms with van der Waals surface area (Å²) >= 11 is 5.78. The van der Waals surface area contributed by atoms with Gasteiger partial charge in [-0.25, -0.2) is 18.4 Å². The molecule has 0 aromatic heterocycles. The zero-order chi connectivity index (χ0) is 14.6. The number of hydrogen-bond acceptors (Lipinski definition) is 5. The molecule has 0 aliphatic rings. The second kappa shape index (κ2) is 6.33. The SMILES string of the molecule is COCCOC(=O)c1cc(Cl)cc(S(N)(=O)=O)c1C. The zero-order valence-corrected chi connectivity index (χ0v) is 12.0. The van der Waals surface area contributed by atoms with Crippen LogP contribution in [0.2, 0.25) is 5.02 Å². The fourth-order valence-electron chi connectivity index (χ4n) is 1.46. The van der Waals surface area contributed by atoms with Gasteiger partial charge >= 0.3 is 5.97 Å². The Morgan fingerprint density at radius 3 is 2.53 bits per heavy atom. The molecule has 6 nitrogen and oxygen atoms in total. The minimum absolute atomic E-state index is 0.0615. The molecule has 0 aliphatic carbocycles. The molecule has 0 radical (unpaired) electrons. The number of hydrogen-bond donors (Lipinski definition) is 1. The Labute approximate surface area is 116 Å². The van der Waals surface area contributed by atoms with Crippen molar-refractivity contribution >= 4 is 27.6 Å². The van der Waals surface area contributed by atoms with Crippen molar-refractivity contribution in [3.63, 3.8) is 0 Å². The van der Waals surface area contributed by atoms with Gasteiger partial charge in [0, 0.05) is 12.1 Å². The molecule has 1 aromatic carbocycles. The number of esters is 1. The molecular formula is C11H14ClNO5S. The lowest BCUT2D eigenvalue weighted by Gasteiger charge is -2.10. The minimum Gasteiger partial charge on any atom is -0.460 e. The Morgan fingerprint density at radius 2 is 2.00 bits per heavy atom. The molecule has 106 valence electrons. The third-order valence-electron chi connectivity index (χ3n) is 2.37. The van der Waals surface area contributed by atoms with Crippen molar-refractivity contribution in [2.45, 2.75) is 11.8 Å². The number of ether oxygens (including phenoxy) is 2. The smallest absolute Gasteiger partial charge is 0.338 e. The van der Waals surface area contributed by atoms with Crippen LogP contribution >= 0.6 is 11.6 Å². The van der Waals surface area contributed by atoms with E-state index < -0.39 is 16.0 Å². The Bertz CT molecular complexity index is 585. The molecule has 0 amide bonds. The minimum atomic E-state index is -3.95. The van der Waals surface area contributed by atoms with Gasteiger partial charge in [-0.15, -0.1) is 0 Å². The molecule has 1 aromatic rings. The fraction of sp³-hybridized carbons (Fsp3) is 0.364. The van der Waals surface area contributed by atoms with Crippen LogP contribution in [-0.2, 0) is 19.5 Å². The van der Waals surface area contributed by atoms with Crippen LogP contribution in [0.15, 0.2) is 17.0 Å². The number of primary sulfonamides is 1. The third kappa shape index (κ3) is 4.17. The van der Waals surface area contributed by atoms with Crippen molar-refractivity contribution < 1.29 is 22.7 Å². The van der Waals surface area contributed by atoms with Crippen molar-refractivity contribution in [1.29, 1.82) is 0 Å². The summed E-state index contributed by atoms with van der Waals surface area (Å²) in [5.74, 6) is -0.679. The lowest BCUT2D eigenvalue weighted by atomic mass is 10.1. The summed E-state index contributed by atoms with van der Waals surface area (Å²) < 4.78 is 32.4. The molecule has 2 N–H and O–H groups in total. The van der Waals surface area contributed by atoms with Gasteiger partial charge in [0.2, 0.25) is 10.0 Å². The number of carbonyl (C=O) groups excluding carboxylic acids is 1. The van der Waals surface area contributed by atoms with E-state index in [-0.39, 0.29) is 34.3 Å². The van der Waals surface area contributed by atoms with E-state index in [0.29, 0.717) is 0 Å². The van der Waals surface area contributed by atoms with Crippen LogP contribution in [0.1, 0.15) is 15.9 Å². The monoisotopic (exact) mass is 307 g/mol. The van der Waals surface area contributed by atoms with Crippen LogP contribution in [0.3, 0.4) is 0 Å². The maximum absolute atomic E-state index is 11.8. The van der Waals surface area contributed by atoms with E-state index in [0.717, 1.165) is 0 Å². The first-order valence-corrected chi connectivity index (χ1v) is 7.18. The van der Waals surface area contributed by atoms with E-state index >= 15 is 0 Å². The molecule has 0 spiro atoms. The van der Waals surface area contributed by atoms with Gasteiger partial charge in [0.05, 0.1) is 17.1 Å². The second-order valence-corrected chi connectivity index (χ2v) is 5.72. The van der Waals surface area contributed by atoms with Crippen LogP contribution in [0.25, 0.3) is 0 Å². The van der Waals surface area contributed by atoms with Crippen LogP contribution in [-0.4, -0.2) is 34.7 Å². The second-order valence-electron chi connectivity index (χ2n) is 3.75. The number of methoxy groups -OCH3 is 1. The average molecular weight is 308 g/mol. The van der Waals surface area contributed by atoms with Gasteiger partial charge in [0.25, 0.3) is 0 Å². The predicted molar refractivity (Wildman–Crippen MR) is 69.7 cm³/mol. The Kier molecular flexibility index (Phi) is 5.30. The normalized spacial score (nSPS) is 11.4. The molecule has 0 fully saturated rings. The van der Waals surface area contributed by atoms with Crippen molar-refractivity contribution in [2.24, 2.45) is 5.14 Å². The summed E-state index contributed by atoms with van der Waals surface area (Å²) in [7, 11) is -2.48. The number of benzene rings is 1. The largest absolute Gasteiger partial charge is 0.460 e. The van der Waals surface area contributed by atoms with Gasteiger partial charge in [-0.1, -0.05) is 11.6 Å². The van der Waals surface area contributed by atoms with Gasteiger partial charge in [0.1, 0.15) is 6.61 Å². The Morgan fingerprint density at radius 1 is 1.37 bits per heavy atom. The molecule has 8 heteroatoms. The van der Waals surface area contributed by atoms with Crippen molar-refractivity contribution in [3.05, 3.63) is 28.3 Å². The van der Waals surface area contributed by atoms with Crippen molar-refractivity contribution in [3.8, 4) is 0 Å². The number of rotatable bonds is 5. The first kappa shape index (κ1) is 15.9. The summed E-state index contributed by atoms with van der Waals surface area (Å²) in [4.78, 5) is 11.6. The number of sulfonamides is 1. The van der Waals surface area contributed by atoms with Crippen LogP contribution < -0.4 is 5.14 Å². The zero-order valence-electron chi connectivity index (χ0n) is 10.5. The maximum atomic E-state index is 11.8. The molecule has 0 aliphatic heterocycles. The summed E-state index contributed by atoms with van der Waals surface area (Å²) in [6, 6.07) is 2.53. The van der Waals surface area contributed by atoms with Crippen molar-refractivity contribution in [2.75, 3.05) is 20.3 Å². The van der Waals surface area contributed by atoms with E-state index in [2.05, 4.69) is 0 Å².